The Labute approximate surface area is 171 Å². The maximum absolute atomic E-state index is 8.77. The average Bonchev–Trinajstić information content (AvgIpc) is 3.22. The van der Waals surface area contributed by atoms with Gasteiger partial charge >= 0.3 is 17.8 Å². The molecule has 0 amide bonds. The number of nitrogens with one attached hydrogen (secondary N) is 6. The van der Waals surface area contributed by atoms with Crippen molar-refractivity contribution < 1.29 is 69.9 Å². The van der Waals surface area contributed by atoms with E-state index in [4.69, 9.17) is 55.7 Å². The Kier molecular flexibility index (Phi) is 25.1. The summed E-state index contributed by atoms with van der Waals surface area (Å²) >= 11 is 0. The predicted molar refractivity (Wildman–Crippen MR) is 91.4 cm³/mol. The Balaban J connectivity index is -0.0000000891. The summed E-state index contributed by atoms with van der Waals surface area (Å²) in [4.78, 5) is 55.0. The minimum atomic E-state index is -5.14. The van der Waals surface area contributed by atoms with E-state index >= 15 is 0 Å². The quantitative estimate of drug-likeness (QED) is 0.129. The summed E-state index contributed by atoms with van der Waals surface area (Å²) in [7, 11) is -10.0. The maximum Gasteiger partial charge on any atom is 0.337 e. The summed E-state index contributed by atoms with van der Waals surface area (Å²) in [5.74, 6) is 1.44. The molecule has 31 heavy (non-hydrogen) atoms. The van der Waals surface area contributed by atoms with Gasteiger partial charge in [0.15, 0.2) is 0 Å². The SMILES string of the molecule is Nc1[nH]nc[nH+]1.Nc1[nH]nc[nH+]1.Nc1[nH]nc[nH+]1.O.O.O.O=P([O-])(O)O.O=P([O-])([O-])O. The van der Waals surface area contributed by atoms with Crippen LogP contribution in [0.25, 0.3) is 0 Å². The van der Waals surface area contributed by atoms with Crippen molar-refractivity contribution in [3.8, 4) is 0 Å². The Hall–Kier alpha value is -3.08. The molecule has 25 heteroatoms. The van der Waals surface area contributed by atoms with E-state index in [-0.39, 0.29) is 16.4 Å². The van der Waals surface area contributed by atoms with Gasteiger partial charge in [-0.25, -0.2) is 15.0 Å². The third kappa shape index (κ3) is 52.1. The number of nitrogens with two attached hydrogens (primary N) is 3. The fraction of sp³-hybridized carbons (Fsp3) is 0. The minimum Gasteiger partial charge on any atom is -0.790 e. The van der Waals surface area contributed by atoms with E-state index in [9.17, 15) is 0 Å². The molecule has 3 aromatic heterocycles. The third-order valence-corrected chi connectivity index (χ3v) is 1.41. The zero-order chi connectivity index (χ0) is 22.2. The molecule has 3 heterocycles. The molecule has 0 atom stereocenters. The zero-order valence-electron chi connectivity index (χ0n) is 15.1. The number of H-pyrrole nitrogens is 6. The summed E-state index contributed by atoms with van der Waals surface area (Å²) in [5.41, 5.74) is 15.3. The first-order valence-corrected chi connectivity index (χ1v) is 9.22. The number of nitrogens with zero attached hydrogens (tertiary/aromatic N) is 3. The van der Waals surface area contributed by atoms with Crippen molar-refractivity contribution in [3.63, 3.8) is 0 Å². The topological polar surface area (TPSA) is 465 Å². The van der Waals surface area contributed by atoms with E-state index in [0.717, 1.165) is 0 Å². The molecular weight excluding hydrogens is 478 g/mol. The highest BCUT2D eigenvalue weighted by Crippen LogP contribution is 2.18. The molecule has 21 N–H and O–H groups in total. The molecule has 0 saturated heterocycles. The van der Waals surface area contributed by atoms with Gasteiger partial charge in [-0.1, -0.05) is 0 Å². The first kappa shape index (κ1) is 38.5. The van der Waals surface area contributed by atoms with Crippen LogP contribution in [0.2, 0.25) is 0 Å². The molecule has 3 rings (SSSR count). The molecule has 0 aliphatic carbocycles. The van der Waals surface area contributed by atoms with Crippen LogP contribution in [0.15, 0.2) is 19.0 Å². The van der Waals surface area contributed by atoms with Crippen molar-refractivity contribution in [1.82, 2.24) is 30.6 Å². The van der Waals surface area contributed by atoms with Crippen LogP contribution in [0, 0.1) is 0 Å². The van der Waals surface area contributed by atoms with Gasteiger partial charge in [-0.15, -0.1) is 15.3 Å². The standard InChI is InChI=1S/3C2H4N4.2H3O4P.3H2O/c3*3-2-4-1-5-6-2;2*1-5(2,3)4;;;/h3*1H,(H3,3,4,5,6);2*(H3,1,2,3,4);3*1H2. The van der Waals surface area contributed by atoms with E-state index in [1.54, 1.807) is 0 Å². The van der Waals surface area contributed by atoms with Crippen LogP contribution < -0.4 is 46.8 Å². The van der Waals surface area contributed by atoms with Crippen molar-refractivity contribution in [3.05, 3.63) is 19.0 Å². The van der Waals surface area contributed by atoms with Crippen LogP contribution in [-0.4, -0.2) is 61.7 Å². The van der Waals surface area contributed by atoms with Crippen LogP contribution in [0.5, 0.6) is 0 Å². The van der Waals surface area contributed by atoms with Gasteiger partial charge in [0.2, 0.25) is 19.0 Å². The Morgan fingerprint density at radius 1 is 0.710 bits per heavy atom. The first-order valence-electron chi connectivity index (χ1n) is 6.19. The van der Waals surface area contributed by atoms with E-state index < -0.39 is 15.6 Å². The highest BCUT2D eigenvalue weighted by Gasteiger charge is 1.85. The largest absolute Gasteiger partial charge is 0.790 e. The maximum atomic E-state index is 8.77. The van der Waals surface area contributed by atoms with Crippen molar-refractivity contribution in [2.24, 2.45) is 0 Å². The van der Waals surface area contributed by atoms with Crippen molar-refractivity contribution >= 4 is 33.5 Å². The second kappa shape index (κ2) is 20.2. The monoisotopic (exact) mass is 502 g/mol. The molecule has 0 spiro atoms. The van der Waals surface area contributed by atoms with Gasteiger partial charge in [-0.05, 0) is 15.3 Å². The minimum absolute atomic E-state index is 0. The molecule has 23 nitrogen and oxygen atoms in total. The number of rotatable bonds is 0. The summed E-state index contributed by atoms with van der Waals surface area (Å²) in [6.07, 6.45) is 4.44. The Morgan fingerprint density at radius 3 is 0.903 bits per heavy atom. The van der Waals surface area contributed by atoms with E-state index in [2.05, 4.69) is 45.5 Å². The van der Waals surface area contributed by atoms with Gasteiger partial charge in [0.25, 0.3) is 7.82 Å². The number of phosphoric acid groups is 2. The van der Waals surface area contributed by atoms with Crippen molar-refractivity contribution in [1.29, 1.82) is 0 Å². The molecular formula is C6H24N12O11P2. The van der Waals surface area contributed by atoms with Crippen LogP contribution in [0.1, 0.15) is 0 Å². The van der Waals surface area contributed by atoms with Gasteiger partial charge in [0.1, 0.15) is 0 Å². The second-order valence-corrected chi connectivity index (χ2v) is 5.66. The van der Waals surface area contributed by atoms with Gasteiger partial charge in [0, 0.05) is 0 Å². The number of anilines is 3. The molecule has 0 aliphatic heterocycles. The Morgan fingerprint density at radius 2 is 0.871 bits per heavy atom. The normalized spacial score (nSPS) is 8.84. The number of aromatic nitrogens is 9. The molecule has 0 aliphatic rings. The molecule has 0 aromatic carbocycles. The second-order valence-electron chi connectivity index (χ2n) is 3.74. The highest BCUT2D eigenvalue weighted by atomic mass is 31.2. The summed E-state index contributed by atoms with van der Waals surface area (Å²) in [6.45, 7) is 0. The van der Waals surface area contributed by atoms with Gasteiger partial charge in [0.05, 0.1) is 7.82 Å². The van der Waals surface area contributed by atoms with E-state index in [1.807, 2.05) is 0 Å². The molecule has 0 saturated carbocycles. The van der Waals surface area contributed by atoms with Crippen LogP contribution in [-0.2, 0) is 9.13 Å². The number of nitrogen functional groups attached to an aromatic ring is 3. The fourth-order valence-corrected chi connectivity index (χ4v) is 0.708. The molecule has 0 unspecified atom stereocenters. The zero-order valence-corrected chi connectivity index (χ0v) is 16.9. The lowest BCUT2D eigenvalue weighted by Crippen LogP contribution is -2.11. The Bertz CT molecular complexity index is 674. The lowest BCUT2D eigenvalue weighted by molar-refractivity contribution is -0.360. The molecule has 0 bridgehead atoms. The van der Waals surface area contributed by atoms with Crippen molar-refractivity contribution in [2.45, 2.75) is 0 Å². The lowest BCUT2D eigenvalue weighted by atomic mass is 11.1. The van der Waals surface area contributed by atoms with Crippen molar-refractivity contribution in [2.75, 3.05) is 17.2 Å². The summed E-state index contributed by atoms with van der Waals surface area (Å²) in [6, 6.07) is 0. The number of hydrogen-bond donors (Lipinski definition) is 9. The van der Waals surface area contributed by atoms with Crippen LogP contribution in [0.3, 0.4) is 0 Å². The lowest BCUT2D eigenvalue weighted by Gasteiger charge is -2.19. The summed E-state index contributed by atoms with van der Waals surface area (Å²) < 4.78 is 17.4. The molecule has 0 radical (unpaired) electrons. The predicted octanol–water partition coefficient (Wildman–Crippen LogP) is -9.81. The molecule has 3 aromatic rings. The average molecular weight is 502 g/mol. The first-order chi connectivity index (χ1) is 12.7. The smallest absolute Gasteiger partial charge is 0.337 e. The van der Waals surface area contributed by atoms with Crippen LogP contribution in [0.4, 0.5) is 17.8 Å². The van der Waals surface area contributed by atoms with Gasteiger partial charge in [-0.3, -0.25) is 4.57 Å². The van der Waals surface area contributed by atoms with E-state index in [0.29, 0.717) is 17.8 Å². The van der Waals surface area contributed by atoms with E-state index in [1.165, 1.54) is 19.0 Å². The van der Waals surface area contributed by atoms with Crippen LogP contribution >= 0.6 is 15.6 Å². The highest BCUT2D eigenvalue weighted by molar-refractivity contribution is 7.43. The number of aromatic amines is 6. The summed E-state index contributed by atoms with van der Waals surface area (Å²) in [5, 5.41) is 18.0. The van der Waals surface area contributed by atoms with Gasteiger partial charge in [-0.2, -0.15) is 0 Å². The molecule has 0 fully saturated rings. The fourth-order valence-electron chi connectivity index (χ4n) is 0.708. The molecule has 184 valence electrons. The number of hydrogen-bond acceptors (Lipinski definition) is 11. The third-order valence-electron chi connectivity index (χ3n) is 1.41. The van der Waals surface area contributed by atoms with Gasteiger partial charge < -0.3 is 67.6 Å².